The van der Waals surface area contributed by atoms with Gasteiger partial charge in [0.2, 0.25) is 0 Å². The fraction of sp³-hybridized carbons (Fsp3) is 0.167. The highest BCUT2D eigenvalue weighted by Gasteiger charge is 2.06. The quantitative estimate of drug-likeness (QED) is 0.403. The van der Waals surface area contributed by atoms with Crippen molar-refractivity contribution in [2.45, 2.75) is 5.16 Å². The second-order valence-corrected chi connectivity index (χ2v) is 2.64. The Labute approximate surface area is 73.3 Å². The van der Waals surface area contributed by atoms with Crippen molar-refractivity contribution >= 4 is 17.7 Å². The minimum absolute atomic E-state index is 0.246. The van der Waals surface area contributed by atoms with E-state index in [2.05, 4.69) is 20.7 Å². The lowest BCUT2D eigenvalue weighted by Gasteiger charge is -1.96. The standard InChI is InChI=1S/C6H7N3O2S/c1-12-6-8-2-4(3-9-6)5(10)11-7/h2-3H,7H2,1H3. The molecule has 0 unspecified atom stereocenters. The second kappa shape index (κ2) is 4.03. The molecule has 0 atom stereocenters. The zero-order chi connectivity index (χ0) is 8.97. The van der Waals surface area contributed by atoms with Crippen LogP contribution >= 0.6 is 11.8 Å². The van der Waals surface area contributed by atoms with Crippen LogP contribution in [0, 0.1) is 0 Å². The SMILES string of the molecule is CSc1ncc(C(=O)ON)cn1. The molecular formula is C6H7N3O2S. The van der Waals surface area contributed by atoms with Crippen LogP contribution in [0.1, 0.15) is 10.4 Å². The summed E-state index contributed by atoms with van der Waals surface area (Å²) in [5.74, 6) is 4.03. The average Bonchev–Trinajstić information content (AvgIpc) is 2.17. The van der Waals surface area contributed by atoms with Crippen LogP contribution in [0.25, 0.3) is 0 Å². The number of carbonyl (C=O) groups is 1. The highest BCUT2D eigenvalue weighted by Crippen LogP contribution is 2.06. The van der Waals surface area contributed by atoms with Crippen LogP contribution in [0.4, 0.5) is 0 Å². The highest BCUT2D eigenvalue weighted by atomic mass is 32.2. The number of hydrogen-bond acceptors (Lipinski definition) is 6. The van der Waals surface area contributed by atoms with Gasteiger partial charge in [0.1, 0.15) is 0 Å². The van der Waals surface area contributed by atoms with E-state index in [1.807, 2.05) is 6.26 Å². The van der Waals surface area contributed by atoms with Crippen molar-refractivity contribution in [3.63, 3.8) is 0 Å². The van der Waals surface area contributed by atoms with E-state index in [4.69, 9.17) is 0 Å². The molecule has 0 saturated carbocycles. The van der Waals surface area contributed by atoms with Crippen LogP contribution in [0.5, 0.6) is 0 Å². The Kier molecular flexibility index (Phi) is 3.01. The number of carbonyl (C=O) groups excluding carboxylic acids is 1. The largest absolute Gasteiger partial charge is 0.370 e. The van der Waals surface area contributed by atoms with E-state index in [-0.39, 0.29) is 5.56 Å². The first kappa shape index (κ1) is 8.95. The molecule has 0 spiro atoms. The smallest absolute Gasteiger partial charge is 0.359 e. The van der Waals surface area contributed by atoms with Gasteiger partial charge in [-0.1, -0.05) is 11.8 Å². The molecule has 0 aliphatic heterocycles. The Morgan fingerprint density at radius 2 is 2.17 bits per heavy atom. The van der Waals surface area contributed by atoms with Gasteiger partial charge >= 0.3 is 5.97 Å². The minimum atomic E-state index is -0.636. The van der Waals surface area contributed by atoms with Crippen molar-refractivity contribution in [3.8, 4) is 0 Å². The average molecular weight is 185 g/mol. The lowest BCUT2D eigenvalue weighted by atomic mass is 10.4. The normalized spacial score (nSPS) is 9.50. The Morgan fingerprint density at radius 3 is 2.58 bits per heavy atom. The van der Waals surface area contributed by atoms with Crippen molar-refractivity contribution in [2.75, 3.05) is 6.26 Å². The molecule has 0 aliphatic rings. The molecule has 5 nitrogen and oxygen atoms in total. The number of nitrogens with zero attached hydrogens (tertiary/aromatic N) is 2. The molecule has 0 saturated heterocycles. The summed E-state index contributed by atoms with van der Waals surface area (Å²) in [5.41, 5.74) is 0.246. The molecule has 0 aliphatic carbocycles. The molecule has 64 valence electrons. The van der Waals surface area contributed by atoms with Crippen molar-refractivity contribution in [1.82, 2.24) is 9.97 Å². The van der Waals surface area contributed by atoms with E-state index in [0.717, 1.165) is 0 Å². The molecule has 0 aromatic carbocycles. The highest BCUT2D eigenvalue weighted by molar-refractivity contribution is 7.98. The van der Waals surface area contributed by atoms with E-state index in [0.29, 0.717) is 5.16 Å². The number of rotatable bonds is 2. The van der Waals surface area contributed by atoms with Crippen LogP contribution < -0.4 is 5.90 Å². The van der Waals surface area contributed by atoms with Crippen LogP contribution in [-0.2, 0) is 4.84 Å². The number of aromatic nitrogens is 2. The fourth-order valence-electron chi connectivity index (χ4n) is 0.595. The Morgan fingerprint density at radius 1 is 1.58 bits per heavy atom. The molecule has 0 radical (unpaired) electrons. The van der Waals surface area contributed by atoms with Crippen molar-refractivity contribution in [3.05, 3.63) is 18.0 Å². The van der Waals surface area contributed by atoms with Gasteiger partial charge in [-0.3, -0.25) is 0 Å². The third kappa shape index (κ3) is 1.93. The monoisotopic (exact) mass is 185 g/mol. The molecule has 12 heavy (non-hydrogen) atoms. The summed E-state index contributed by atoms with van der Waals surface area (Å²) in [4.78, 5) is 22.5. The number of nitrogens with two attached hydrogens (primary N) is 1. The van der Waals surface area contributed by atoms with E-state index < -0.39 is 5.97 Å². The van der Waals surface area contributed by atoms with Gasteiger partial charge in [0, 0.05) is 12.4 Å². The van der Waals surface area contributed by atoms with Crippen LogP contribution in [0.15, 0.2) is 17.6 Å². The van der Waals surface area contributed by atoms with E-state index in [1.54, 1.807) is 0 Å². The number of hydrogen-bond donors (Lipinski definition) is 1. The summed E-state index contributed by atoms with van der Waals surface area (Å²) in [6.45, 7) is 0. The van der Waals surface area contributed by atoms with Crippen LogP contribution in [-0.4, -0.2) is 22.2 Å². The van der Waals surface area contributed by atoms with Crippen LogP contribution in [0.2, 0.25) is 0 Å². The first-order valence-corrected chi connectivity index (χ1v) is 4.27. The van der Waals surface area contributed by atoms with Crippen molar-refractivity contribution in [1.29, 1.82) is 0 Å². The second-order valence-electron chi connectivity index (χ2n) is 1.86. The Bertz CT molecular complexity index is 275. The third-order valence-electron chi connectivity index (χ3n) is 1.15. The molecule has 1 aromatic rings. The van der Waals surface area contributed by atoms with E-state index >= 15 is 0 Å². The Hall–Kier alpha value is -1.14. The molecule has 0 bridgehead atoms. The van der Waals surface area contributed by atoms with Crippen molar-refractivity contribution < 1.29 is 9.63 Å². The van der Waals surface area contributed by atoms with Gasteiger partial charge in [-0.2, -0.15) is 5.90 Å². The topological polar surface area (TPSA) is 78.1 Å². The lowest BCUT2D eigenvalue weighted by molar-refractivity contribution is 0.0502. The predicted octanol–water partition coefficient (Wildman–Crippen LogP) is 0.229. The van der Waals surface area contributed by atoms with Gasteiger partial charge < -0.3 is 4.84 Å². The summed E-state index contributed by atoms with van der Waals surface area (Å²) in [7, 11) is 0. The van der Waals surface area contributed by atoms with Gasteiger partial charge in [0.05, 0.1) is 5.56 Å². The van der Waals surface area contributed by atoms with Crippen molar-refractivity contribution in [2.24, 2.45) is 5.90 Å². The molecule has 2 N–H and O–H groups in total. The molecule has 0 amide bonds. The van der Waals surface area contributed by atoms with E-state index in [1.165, 1.54) is 24.2 Å². The third-order valence-corrected chi connectivity index (χ3v) is 1.73. The minimum Gasteiger partial charge on any atom is -0.370 e. The van der Waals surface area contributed by atoms with Crippen LogP contribution in [0.3, 0.4) is 0 Å². The fourth-order valence-corrected chi connectivity index (χ4v) is 0.911. The van der Waals surface area contributed by atoms with Gasteiger partial charge in [0.15, 0.2) is 5.16 Å². The summed E-state index contributed by atoms with van der Waals surface area (Å²) >= 11 is 1.39. The summed E-state index contributed by atoms with van der Waals surface area (Å²) in [5, 5.41) is 0.601. The zero-order valence-corrected chi connectivity index (χ0v) is 7.17. The summed E-state index contributed by atoms with van der Waals surface area (Å²) in [6, 6.07) is 0. The maximum Gasteiger partial charge on any atom is 0.359 e. The summed E-state index contributed by atoms with van der Waals surface area (Å²) < 4.78 is 0. The van der Waals surface area contributed by atoms with E-state index in [9.17, 15) is 4.79 Å². The van der Waals surface area contributed by atoms with Gasteiger partial charge in [-0.05, 0) is 6.26 Å². The summed E-state index contributed by atoms with van der Waals surface area (Å²) in [6.07, 6.45) is 4.58. The van der Waals surface area contributed by atoms with Gasteiger partial charge in [0.25, 0.3) is 0 Å². The Balaban J connectivity index is 2.84. The molecule has 1 heterocycles. The molecule has 0 fully saturated rings. The van der Waals surface area contributed by atoms with Gasteiger partial charge in [-0.15, -0.1) is 0 Å². The maximum absolute atomic E-state index is 10.8. The van der Waals surface area contributed by atoms with Gasteiger partial charge in [-0.25, -0.2) is 14.8 Å². The number of thioether (sulfide) groups is 1. The first-order chi connectivity index (χ1) is 5.77. The molecular weight excluding hydrogens is 178 g/mol. The predicted molar refractivity (Wildman–Crippen MR) is 43.4 cm³/mol. The first-order valence-electron chi connectivity index (χ1n) is 3.05. The molecule has 1 rings (SSSR count). The maximum atomic E-state index is 10.8. The molecule has 1 aromatic heterocycles. The zero-order valence-electron chi connectivity index (χ0n) is 6.35. The molecule has 6 heteroatoms. The lowest BCUT2D eigenvalue weighted by Crippen LogP contribution is -2.10.